The molecule has 0 unspecified atom stereocenters. The molecule has 0 aliphatic rings. The lowest BCUT2D eigenvalue weighted by atomic mass is 10.1. The molecule has 0 saturated carbocycles. The molecule has 0 amide bonds. The van der Waals surface area contributed by atoms with Gasteiger partial charge < -0.3 is 9.47 Å². The average Bonchev–Trinajstić information content (AvgIpc) is 2.67. The van der Waals surface area contributed by atoms with Crippen molar-refractivity contribution in [3.63, 3.8) is 0 Å². The number of rotatable bonds is 14. The van der Waals surface area contributed by atoms with E-state index < -0.39 is 0 Å². The standard InChI is InChI=1S/C24H36O2/c1-3-5-7-9-11-17-25-23-15-13-22-20-24(16-14-21(22)19-23)26-18-12-10-8-6-4-2/h13-16,19-20H,3-12,17-18H2,1-2H3. The molecule has 2 rings (SSSR count). The van der Waals surface area contributed by atoms with Gasteiger partial charge in [0.15, 0.2) is 0 Å². The molecule has 0 bridgehead atoms. The van der Waals surface area contributed by atoms with Crippen LogP contribution in [-0.4, -0.2) is 13.2 Å². The molecule has 0 spiro atoms. The molecule has 2 aromatic rings. The van der Waals surface area contributed by atoms with Crippen molar-refractivity contribution in [2.45, 2.75) is 78.1 Å². The molecular weight excluding hydrogens is 320 g/mol. The van der Waals surface area contributed by atoms with Crippen molar-refractivity contribution in [2.24, 2.45) is 0 Å². The SMILES string of the molecule is CCCCCCCOc1ccc2cc(OCCCCCCC)ccc2c1. The minimum absolute atomic E-state index is 0.814. The summed E-state index contributed by atoms with van der Waals surface area (Å²) in [6.45, 7) is 6.12. The van der Waals surface area contributed by atoms with Gasteiger partial charge in [-0.25, -0.2) is 0 Å². The molecule has 2 heteroatoms. The van der Waals surface area contributed by atoms with E-state index in [4.69, 9.17) is 9.47 Å². The van der Waals surface area contributed by atoms with Crippen molar-refractivity contribution in [1.29, 1.82) is 0 Å². The Bertz CT molecular complexity index is 565. The maximum absolute atomic E-state index is 5.90. The molecular formula is C24H36O2. The molecule has 2 aromatic carbocycles. The minimum Gasteiger partial charge on any atom is -0.494 e. The summed E-state index contributed by atoms with van der Waals surface area (Å²) < 4.78 is 11.8. The van der Waals surface area contributed by atoms with Crippen LogP contribution < -0.4 is 9.47 Å². The van der Waals surface area contributed by atoms with Gasteiger partial charge in [0.2, 0.25) is 0 Å². The summed E-state index contributed by atoms with van der Waals surface area (Å²) in [6, 6.07) is 12.7. The van der Waals surface area contributed by atoms with E-state index >= 15 is 0 Å². The number of benzene rings is 2. The third-order valence-corrected chi connectivity index (χ3v) is 4.82. The van der Waals surface area contributed by atoms with Crippen molar-refractivity contribution in [1.82, 2.24) is 0 Å². The number of fused-ring (bicyclic) bond motifs is 1. The van der Waals surface area contributed by atoms with Crippen LogP contribution in [0.15, 0.2) is 36.4 Å². The lowest BCUT2D eigenvalue weighted by molar-refractivity contribution is 0.304. The summed E-state index contributed by atoms with van der Waals surface area (Å²) in [5.74, 6) is 1.94. The Morgan fingerprint density at radius 1 is 0.538 bits per heavy atom. The third kappa shape index (κ3) is 7.68. The highest BCUT2D eigenvalue weighted by atomic mass is 16.5. The number of hydrogen-bond acceptors (Lipinski definition) is 2. The molecule has 144 valence electrons. The van der Waals surface area contributed by atoms with Gasteiger partial charge in [0.1, 0.15) is 11.5 Å². The highest BCUT2D eigenvalue weighted by Gasteiger charge is 2.01. The molecule has 0 aliphatic heterocycles. The van der Waals surface area contributed by atoms with Gasteiger partial charge in [-0.15, -0.1) is 0 Å². The fourth-order valence-corrected chi connectivity index (χ4v) is 3.17. The van der Waals surface area contributed by atoms with E-state index in [0.29, 0.717) is 0 Å². The quantitative estimate of drug-likeness (QED) is 0.325. The first-order valence-electron chi connectivity index (χ1n) is 10.6. The van der Waals surface area contributed by atoms with E-state index in [1.54, 1.807) is 0 Å². The lowest BCUT2D eigenvalue weighted by Crippen LogP contribution is -1.98. The summed E-state index contributed by atoms with van der Waals surface area (Å²) in [5.41, 5.74) is 0. The van der Waals surface area contributed by atoms with Crippen LogP contribution in [0.25, 0.3) is 10.8 Å². The van der Waals surface area contributed by atoms with Crippen molar-refractivity contribution >= 4 is 10.8 Å². The number of unbranched alkanes of at least 4 members (excludes halogenated alkanes) is 8. The van der Waals surface area contributed by atoms with Gasteiger partial charge in [-0.05, 0) is 47.9 Å². The van der Waals surface area contributed by atoms with E-state index in [1.165, 1.54) is 62.1 Å². The fraction of sp³-hybridized carbons (Fsp3) is 0.583. The Balaban J connectivity index is 1.76. The second kappa shape index (κ2) is 12.6. The number of ether oxygens (including phenoxy) is 2. The van der Waals surface area contributed by atoms with Crippen LogP contribution in [-0.2, 0) is 0 Å². The molecule has 0 atom stereocenters. The normalized spacial score (nSPS) is 11.0. The van der Waals surface area contributed by atoms with Crippen LogP contribution >= 0.6 is 0 Å². The third-order valence-electron chi connectivity index (χ3n) is 4.82. The highest BCUT2D eigenvalue weighted by Crippen LogP contribution is 2.25. The Labute approximate surface area is 159 Å². The lowest BCUT2D eigenvalue weighted by Gasteiger charge is -2.09. The maximum Gasteiger partial charge on any atom is 0.119 e. The van der Waals surface area contributed by atoms with Crippen LogP contribution in [0.4, 0.5) is 0 Å². The zero-order valence-corrected chi connectivity index (χ0v) is 16.8. The summed E-state index contributed by atoms with van der Waals surface area (Å²) in [7, 11) is 0. The van der Waals surface area contributed by atoms with Gasteiger partial charge in [-0.2, -0.15) is 0 Å². The highest BCUT2D eigenvalue weighted by molar-refractivity contribution is 5.85. The molecule has 0 radical (unpaired) electrons. The van der Waals surface area contributed by atoms with Crippen LogP contribution in [0.5, 0.6) is 11.5 Å². The fourth-order valence-electron chi connectivity index (χ4n) is 3.17. The second-order valence-electron chi connectivity index (χ2n) is 7.20. The largest absolute Gasteiger partial charge is 0.494 e. The predicted molar refractivity (Wildman–Crippen MR) is 112 cm³/mol. The Hall–Kier alpha value is -1.70. The zero-order chi connectivity index (χ0) is 18.5. The Kier molecular flexibility index (Phi) is 10.0. The van der Waals surface area contributed by atoms with Crippen molar-refractivity contribution in [2.75, 3.05) is 13.2 Å². The van der Waals surface area contributed by atoms with E-state index in [2.05, 4.69) is 50.2 Å². The van der Waals surface area contributed by atoms with Gasteiger partial charge >= 0.3 is 0 Å². The zero-order valence-electron chi connectivity index (χ0n) is 16.8. The van der Waals surface area contributed by atoms with Gasteiger partial charge in [-0.1, -0.05) is 77.3 Å². The molecule has 0 heterocycles. The average molecular weight is 357 g/mol. The van der Waals surface area contributed by atoms with E-state index in [9.17, 15) is 0 Å². The van der Waals surface area contributed by atoms with Crippen LogP contribution in [0.2, 0.25) is 0 Å². The second-order valence-corrected chi connectivity index (χ2v) is 7.20. The summed E-state index contributed by atoms with van der Waals surface area (Å²) in [5, 5.41) is 2.42. The first-order valence-corrected chi connectivity index (χ1v) is 10.6. The summed E-state index contributed by atoms with van der Waals surface area (Å²) in [4.78, 5) is 0. The Morgan fingerprint density at radius 3 is 1.38 bits per heavy atom. The molecule has 0 aliphatic carbocycles. The first-order chi connectivity index (χ1) is 12.8. The molecule has 0 fully saturated rings. The van der Waals surface area contributed by atoms with Crippen molar-refractivity contribution in [3.8, 4) is 11.5 Å². The van der Waals surface area contributed by atoms with Gasteiger partial charge in [0, 0.05) is 0 Å². The van der Waals surface area contributed by atoms with Crippen LogP contribution in [0.3, 0.4) is 0 Å². The van der Waals surface area contributed by atoms with Gasteiger partial charge in [0.05, 0.1) is 13.2 Å². The first kappa shape index (κ1) is 20.6. The molecule has 0 saturated heterocycles. The summed E-state index contributed by atoms with van der Waals surface area (Å²) >= 11 is 0. The van der Waals surface area contributed by atoms with E-state index in [0.717, 1.165) is 37.6 Å². The molecule has 0 aromatic heterocycles. The van der Waals surface area contributed by atoms with Crippen LogP contribution in [0, 0.1) is 0 Å². The predicted octanol–water partition coefficient (Wildman–Crippen LogP) is 7.54. The van der Waals surface area contributed by atoms with Crippen molar-refractivity contribution < 1.29 is 9.47 Å². The van der Waals surface area contributed by atoms with Gasteiger partial charge in [-0.3, -0.25) is 0 Å². The minimum atomic E-state index is 0.814. The smallest absolute Gasteiger partial charge is 0.119 e. The maximum atomic E-state index is 5.90. The topological polar surface area (TPSA) is 18.5 Å². The van der Waals surface area contributed by atoms with E-state index in [-0.39, 0.29) is 0 Å². The molecule has 26 heavy (non-hydrogen) atoms. The molecule has 0 N–H and O–H groups in total. The van der Waals surface area contributed by atoms with Crippen LogP contribution in [0.1, 0.15) is 78.1 Å². The Morgan fingerprint density at radius 2 is 0.962 bits per heavy atom. The monoisotopic (exact) mass is 356 g/mol. The van der Waals surface area contributed by atoms with Crippen molar-refractivity contribution in [3.05, 3.63) is 36.4 Å². The molecule has 2 nitrogen and oxygen atoms in total. The summed E-state index contributed by atoms with van der Waals surface area (Å²) in [6.07, 6.45) is 12.7. The number of hydrogen-bond donors (Lipinski definition) is 0. The van der Waals surface area contributed by atoms with E-state index in [1.807, 2.05) is 0 Å². The van der Waals surface area contributed by atoms with Gasteiger partial charge in [0.25, 0.3) is 0 Å².